The van der Waals surface area contributed by atoms with Gasteiger partial charge < -0.3 is 15.4 Å². The SMILES string of the molecule is CNc1cc(Nc2cccc(COC)c2)nc(SC)n1. The number of anilines is 3. The largest absolute Gasteiger partial charge is 0.380 e. The highest BCUT2D eigenvalue weighted by Gasteiger charge is 2.04. The number of aromatic nitrogens is 2. The fraction of sp³-hybridized carbons (Fsp3) is 0.286. The Labute approximate surface area is 123 Å². The van der Waals surface area contributed by atoms with Gasteiger partial charge in [-0.2, -0.15) is 0 Å². The van der Waals surface area contributed by atoms with Gasteiger partial charge in [0.2, 0.25) is 0 Å². The van der Waals surface area contributed by atoms with Crippen molar-refractivity contribution in [2.75, 3.05) is 31.0 Å². The number of thioether (sulfide) groups is 1. The van der Waals surface area contributed by atoms with Crippen LogP contribution in [-0.4, -0.2) is 30.4 Å². The number of methoxy groups -OCH3 is 1. The molecule has 0 radical (unpaired) electrons. The average Bonchev–Trinajstić information content (AvgIpc) is 2.47. The van der Waals surface area contributed by atoms with Crippen molar-refractivity contribution in [3.05, 3.63) is 35.9 Å². The second-order valence-electron chi connectivity index (χ2n) is 4.13. The summed E-state index contributed by atoms with van der Waals surface area (Å²) in [5.74, 6) is 1.56. The lowest BCUT2D eigenvalue weighted by Crippen LogP contribution is -2.01. The summed E-state index contributed by atoms with van der Waals surface area (Å²) in [7, 11) is 3.53. The van der Waals surface area contributed by atoms with Crippen LogP contribution in [0.5, 0.6) is 0 Å². The van der Waals surface area contributed by atoms with Crippen LogP contribution < -0.4 is 10.6 Å². The van der Waals surface area contributed by atoms with Crippen molar-refractivity contribution >= 4 is 29.1 Å². The van der Waals surface area contributed by atoms with Crippen LogP contribution in [0.4, 0.5) is 17.3 Å². The molecule has 0 amide bonds. The molecule has 0 aliphatic heterocycles. The topological polar surface area (TPSA) is 59.1 Å². The quantitative estimate of drug-likeness (QED) is 0.629. The summed E-state index contributed by atoms with van der Waals surface area (Å²) >= 11 is 1.51. The fourth-order valence-corrected chi connectivity index (χ4v) is 2.14. The van der Waals surface area contributed by atoms with E-state index in [0.29, 0.717) is 6.61 Å². The molecule has 0 saturated heterocycles. The number of ether oxygens (including phenoxy) is 1. The summed E-state index contributed by atoms with van der Waals surface area (Å²) in [6, 6.07) is 9.94. The molecule has 0 aliphatic rings. The Morgan fingerprint density at radius 1 is 1.20 bits per heavy atom. The van der Waals surface area contributed by atoms with Crippen LogP contribution in [0.15, 0.2) is 35.5 Å². The maximum Gasteiger partial charge on any atom is 0.191 e. The van der Waals surface area contributed by atoms with Crippen molar-refractivity contribution in [1.82, 2.24) is 9.97 Å². The Morgan fingerprint density at radius 3 is 2.70 bits per heavy atom. The summed E-state index contributed by atoms with van der Waals surface area (Å²) in [6.07, 6.45) is 1.96. The Balaban J connectivity index is 2.22. The van der Waals surface area contributed by atoms with E-state index in [1.807, 2.05) is 43.6 Å². The number of hydrogen-bond donors (Lipinski definition) is 2. The first-order valence-corrected chi connectivity index (χ1v) is 7.43. The molecule has 106 valence electrons. The molecule has 2 N–H and O–H groups in total. The van der Waals surface area contributed by atoms with Gasteiger partial charge in [0.25, 0.3) is 0 Å². The Hall–Kier alpha value is -1.79. The molecule has 6 heteroatoms. The van der Waals surface area contributed by atoms with Crippen molar-refractivity contribution in [3.8, 4) is 0 Å². The average molecular weight is 290 g/mol. The fourth-order valence-electron chi connectivity index (χ4n) is 1.76. The normalized spacial score (nSPS) is 10.3. The second kappa shape index (κ2) is 7.12. The molecule has 20 heavy (non-hydrogen) atoms. The molecule has 1 heterocycles. The van der Waals surface area contributed by atoms with E-state index in [9.17, 15) is 0 Å². The molecular formula is C14H18N4OS. The van der Waals surface area contributed by atoms with Gasteiger partial charge in [0.05, 0.1) is 6.61 Å². The van der Waals surface area contributed by atoms with Crippen molar-refractivity contribution in [2.45, 2.75) is 11.8 Å². The van der Waals surface area contributed by atoms with Crippen LogP contribution in [0.25, 0.3) is 0 Å². The lowest BCUT2D eigenvalue weighted by molar-refractivity contribution is 0.185. The Bertz CT molecular complexity index is 555. The zero-order valence-corrected chi connectivity index (χ0v) is 12.6. The molecule has 0 aliphatic carbocycles. The number of nitrogens with zero attached hydrogens (tertiary/aromatic N) is 2. The van der Waals surface area contributed by atoms with E-state index < -0.39 is 0 Å². The van der Waals surface area contributed by atoms with Crippen molar-refractivity contribution in [3.63, 3.8) is 0 Å². The van der Waals surface area contributed by atoms with Crippen molar-refractivity contribution in [2.24, 2.45) is 0 Å². The van der Waals surface area contributed by atoms with Crippen LogP contribution in [0.2, 0.25) is 0 Å². The molecule has 0 unspecified atom stereocenters. The summed E-state index contributed by atoms with van der Waals surface area (Å²) in [5.41, 5.74) is 2.10. The van der Waals surface area contributed by atoms with Crippen molar-refractivity contribution in [1.29, 1.82) is 0 Å². The second-order valence-corrected chi connectivity index (χ2v) is 4.91. The highest BCUT2D eigenvalue weighted by molar-refractivity contribution is 7.98. The van der Waals surface area contributed by atoms with Gasteiger partial charge in [-0.25, -0.2) is 9.97 Å². The van der Waals surface area contributed by atoms with Crippen LogP contribution in [-0.2, 0) is 11.3 Å². The molecule has 0 bridgehead atoms. The van der Waals surface area contributed by atoms with Gasteiger partial charge in [0, 0.05) is 25.9 Å². The van der Waals surface area contributed by atoms with E-state index >= 15 is 0 Å². The van der Waals surface area contributed by atoms with E-state index in [1.54, 1.807) is 7.11 Å². The van der Waals surface area contributed by atoms with Gasteiger partial charge >= 0.3 is 0 Å². The van der Waals surface area contributed by atoms with Crippen LogP contribution in [0.3, 0.4) is 0 Å². The van der Waals surface area contributed by atoms with Crippen LogP contribution in [0, 0.1) is 0 Å². The zero-order valence-electron chi connectivity index (χ0n) is 11.8. The van der Waals surface area contributed by atoms with E-state index in [2.05, 4.69) is 20.6 Å². The molecule has 0 spiro atoms. The highest BCUT2D eigenvalue weighted by Crippen LogP contribution is 2.21. The molecule has 1 aromatic heterocycles. The van der Waals surface area contributed by atoms with E-state index in [4.69, 9.17) is 4.74 Å². The van der Waals surface area contributed by atoms with E-state index in [-0.39, 0.29) is 0 Å². The first-order chi connectivity index (χ1) is 9.75. The summed E-state index contributed by atoms with van der Waals surface area (Å²) < 4.78 is 5.14. The number of nitrogens with one attached hydrogen (secondary N) is 2. The van der Waals surface area contributed by atoms with Crippen molar-refractivity contribution < 1.29 is 4.74 Å². The number of benzene rings is 1. The van der Waals surface area contributed by atoms with Gasteiger partial charge in [-0.05, 0) is 24.0 Å². The first kappa shape index (κ1) is 14.6. The monoisotopic (exact) mass is 290 g/mol. The Kier molecular flexibility index (Phi) is 5.20. The minimum Gasteiger partial charge on any atom is -0.380 e. The third-order valence-corrected chi connectivity index (χ3v) is 3.20. The Morgan fingerprint density at radius 2 is 2.00 bits per heavy atom. The smallest absolute Gasteiger partial charge is 0.191 e. The lowest BCUT2D eigenvalue weighted by atomic mass is 10.2. The van der Waals surface area contributed by atoms with Gasteiger partial charge in [0.1, 0.15) is 11.6 Å². The lowest BCUT2D eigenvalue weighted by Gasteiger charge is -2.10. The molecule has 2 rings (SSSR count). The predicted octanol–water partition coefficient (Wildman–Crippen LogP) is 3.13. The van der Waals surface area contributed by atoms with Gasteiger partial charge in [0.15, 0.2) is 5.16 Å². The molecule has 0 atom stereocenters. The highest BCUT2D eigenvalue weighted by atomic mass is 32.2. The maximum absolute atomic E-state index is 5.14. The third kappa shape index (κ3) is 3.85. The summed E-state index contributed by atoms with van der Waals surface area (Å²) in [6.45, 7) is 0.594. The molecule has 0 saturated carbocycles. The number of hydrogen-bond acceptors (Lipinski definition) is 6. The molecule has 2 aromatic rings. The summed E-state index contributed by atoms with van der Waals surface area (Å²) in [5, 5.41) is 7.06. The third-order valence-electron chi connectivity index (χ3n) is 2.65. The number of rotatable bonds is 6. The minimum atomic E-state index is 0.594. The first-order valence-electron chi connectivity index (χ1n) is 6.21. The van der Waals surface area contributed by atoms with E-state index in [1.165, 1.54) is 11.8 Å². The van der Waals surface area contributed by atoms with E-state index in [0.717, 1.165) is 28.0 Å². The summed E-state index contributed by atoms with van der Waals surface area (Å²) in [4.78, 5) is 8.78. The maximum atomic E-state index is 5.14. The van der Waals surface area contributed by atoms with Gasteiger partial charge in [-0.1, -0.05) is 23.9 Å². The molecule has 5 nitrogen and oxygen atoms in total. The molecule has 0 fully saturated rings. The predicted molar refractivity (Wildman–Crippen MR) is 83.8 cm³/mol. The standard InChI is InChI=1S/C14H18N4OS/c1-15-12-8-13(18-14(17-12)20-3)16-11-6-4-5-10(7-11)9-19-2/h4-8H,9H2,1-3H3,(H2,15,16,17,18). The minimum absolute atomic E-state index is 0.594. The zero-order chi connectivity index (χ0) is 14.4. The van der Waals surface area contributed by atoms with Gasteiger partial charge in [-0.15, -0.1) is 0 Å². The molecule has 1 aromatic carbocycles. The van der Waals surface area contributed by atoms with Crippen LogP contribution >= 0.6 is 11.8 Å². The molecular weight excluding hydrogens is 272 g/mol. The van der Waals surface area contributed by atoms with Gasteiger partial charge in [-0.3, -0.25) is 0 Å². The van der Waals surface area contributed by atoms with Crippen LogP contribution in [0.1, 0.15) is 5.56 Å².